The van der Waals surface area contributed by atoms with Gasteiger partial charge < -0.3 is 4.74 Å². The van der Waals surface area contributed by atoms with Crippen LogP contribution in [0.5, 0.6) is 0 Å². The lowest BCUT2D eigenvalue weighted by atomic mass is 10.3. The maximum atomic E-state index is 10.3. The smallest absolute Gasteiger partial charge is 0.250 e. The predicted molar refractivity (Wildman–Crippen MR) is 29.8 cm³/mol. The van der Waals surface area contributed by atoms with Gasteiger partial charge in [0.1, 0.15) is 0 Å². The lowest BCUT2D eigenvalue weighted by Gasteiger charge is -1.87. The molecule has 0 aliphatic carbocycles. The molecule has 0 bridgehead atoms. The number of hydrogen-bond donors (Lipinski definition) is 0. The molecule has 0 aromatic rings. The molecular weight excluding hydrogens is 128 g/mol. The summed E-state index contributed by atoms with van der Waals surface area (Å²) in [5.41, 5.74) is 0.576. The number of carbonyl (C=O) groups excluding carboxylic acids is 1. The van der Waals surface area contributed by atoms with E-state index in [1.54, 1.807) is 6.08 Å². The minimum atomic E-state index is -0.400. The fraction of sp³-hybridized carbons (Fsp3) is 0.400. The van der Waals surface area contributed by atoms with Crippen LogP contribution in [0.3, 0.4) is 0 Å². The van der Waals surface area contributed by atoms with Crippen LogP contribution in [0.25, 0.3) is 0 Å². The SMILES string of the molecule is O=C(Cl)C1=CCOC1. The zero-order valence-corrected chi connectivity index (χ0v) is 4.94. The monoisotopic (exact) mass is 132 g/mol. The summed E-state index contributed by atoms with van der Waals surface area (Å²) >= 11 is 5.10. The molecule has 8 heavy (non-hydrogen) atoms. The Labute approximate surface area is 52.1 Å². The molecule has 0 radical (unpaired) electrons. The largest absolute Gasteiger partial charge is 0.373 e. The summed E-state index contributed by atoms with van der Waals surface area (Å²) in [5.74, 6) is 0. The first-order chi connectivity index (χ1) is 3.80. The summed E-state index contributed by atoms with van der Waals surface area (Å²) in [5, 5.41) is -0.400. The molecule has 3 heteroatoms. The molecule has 0 spiro atoms. The summed E-state index contributed by atoms with van der Waals surface area (Å²) in [4.78, 5) is 10.3. The van der Waals surface area contributed by atoms with Crippen molar-refractivity contribution in [2.24, 2.45) is 0 Å². The van der Waals surface area contributed by atoms with Gasteiger partial charge in [0, 0.05) is 5.57 Å². The second kappa shape index (κ2) is 2.29. The predicted octanol–water partition coefficient (Wildman–Crippen LogP) is 0.708. The standard InChI is InChI=1S/C5H5ClO2/c6-5(7)4-1-2-8-3-4/h1H,2-3H2. The fourth-order valence-corrected chi connectivity index (χ4v) is 0.656. The lowest BCUT2D eigenvalue weighted by molar-refractivity contribution is -0.108. The van der Waals surface area contributed by atoms with Crippen molar-refractivity contribution in [2.45, 2.75) is 0 Å². The third-order valence-corrected chi connectivity index (χ3v) is 1.20. The first kappa shape index (κ1) is 5.79. The highest BCUT2D eigenvalue weighted by Crippen LogP contribution is 2.06. The molecule has 0 fully saturated rings. The molecule has 1 heterocycles. The number of rotatable bonds is 1. The topological polar surface area (TPSA) is 26.3 Å². The Morgan fingerprint density at radius 1 is 1.88 bits per heavy atom. The quantitative estimate of drug-likeness (QED) is 0.491. The Kier molecular flexibility index (Phi) is 1.65. The van der Waals surface area contributed by atoms with Gasteiger partial charge in [-0.25, -0.2) is 0 Å². The molecule has 1 aliphatic rings. The van der Waals surface area contributed by atoms with Crippen molar-refractivity contribution in [3.8, 4) is 0 Å². The van der Waals surface area contributed by atoms with Crippen LogP contribution in [0, 0.1) is 0 Å². The summed E-state index contributed by atoms with van der Waals surface area (Å²) < 4.78 is 4.82. The molecule has 0 unspecified atom stereocenters. The van der Waals surface area contributed by atoms with Gasteiger partial charge in [0.05, 0.1) is 13.2 Å². The van der Waals surface area contributed by atoms with Gasteiger partial charge in [-0.2, -0.15) is 0 Å². The van der Waals surface area contributed by atoms with Crippen LogP contribution in [0.4, 0.5) is 0 Å². The van der Waals surface area contributed by atoms with Crippen molar-refractivity contribution >= 4 is 16.8 Å². The Morgan fingerprint density at radius 3 is 2.88 bits per heavy atom. The summed E-state index contributed by atoms with van der Waals surface area (Å²) in [6.07, 6.45) is 1.69. The highest BCUT2D eigenvalue weighted by atomic mass is 35.5. The molecule has 1 aliphatic heterocycles. The van der Waals surface area contributed by atoms with Crippen molar-refractivity contribution in [3.63, 3.8) is 0 Å². The minimum Gasteiger partial charge on any atom is -0.373 e. The summed E-state index contributed by atoms with van der Waals surface area (Å²) in [7, 11) is 0. The molecule has 0 amide bonds. The normalized spacial score (nSPS) is 18.4. The average molecular weight is 133 g/mol. The van der Waals surface area contributed by atoms with Crippen LogP contribution in [0.15, 0.2) is 11.6 Å². The molecule has 44 valence electrons. The maximum absolute atomic E-state index is 10.3. The number of hydrogen-bond acceptors (Lipinski definition) is 2. The van der Waals surface area contributed by atoms with Crippen LogP contribution in [-0.4, -0.2) is 18.5 Å². The molecule has 0 N–H and O–H groups in total. The van der Waals surface area contributed by atoms with E-state index in [0.29, 0.717) is 18.8 Å². The molecule has 0 atom stereocenters. The zero-order chi connectivity index (χ0) is 5.98. The molecule has 0 aromatic heterocycles. The minimum absolute atomic E-state index is 0.377. The Morgan fingerprint density at radius 2 is 2.62 bits per heavy atom. The zero-order valence-electron chi connectivity index (χ0n) is 4.19. The second-order valence-corrected chi connectivity index (χ2v) is 1.86. The van der Waals surface area contributed by atoms with Crippen LogP contribution in [0.2, 0.25) is 0 Å². The van der Waals surface area contributed by atoms with E-state index in [4.69, 9.17) is 16.3 Å². The third kappa shape index (κ3) is 1.08. The molecule has 0 aromatic carbocycles. The van der Waals surface area contributed by atoms with E-state index in [1.165, 1.54) is 0 Å². The molecule has 2 nitrogen and oxygen atoms in total. The van der Waals surface area contributed by atoms with E-state index < -0.39 is 5.24 Å². The molecular formula is C5H5ClO2. The van der Waals surface area contributed by atoms with Gasteiger partial charge in [0.25, 0.3) is 0 Å². The van der Waals surface area contributed by atoms with E-state index in [0.717, 1.165) is 0 Å². The first-order valence-corrected chi connectivity index (χ1v) is 2.65. The lowest BCUT2D eigenvalue weighted by Crippen LogP contribution is -1.94. The van der Waals surface area contributed by atoms with Crippen LogP contribution >= 0.6 is 11.6 Å². The van der Waals surface area contributed by atoms with Gasteiger partial charge in [-0.15, -0.1) is 0 Å². The number of ether oxygens (including phenoxy) is 1. The molecule has 0 saturated carbocycles. The van der Waals surface area contributed by atoms with Crippen LogP contribution in [0.1, 0.15) is 0 Å². The Hall–Kier alpha value is -0.340. The van der Waals surface area contributed by atoms with Crippen molar-refractivity contribution in [2.75, 3.05) is 13.2 Å². The highest BCUT2D eigenvalue weighted by Gasteiger charge is 2.09. The van der Waals surface area contributed by atoms with E-state index in [2.05, 4.69) is 0 Å². The highest BCUT2D eigenvalue weighted by molar-refractivity contribution is 6.67. The van der Waals surface area contributed by atoms with Gasteiger partial charge in [-0.05, 0) is 17.7 Å². The average Bonchev–Trinajstić information content (AvgIpc) is 2.12. The van der Waals surface area contributed by atoms with Crippen molar-refractivity contribution in [3.05, 3.63) is 11.6 Å². The van der Waals surface area contributed by atoms with Gasteiger partial charge in [0.15, 0.2) is 0 Å². The van der Waals surface area contributed by atoms with E-state index in [9.17, 15) is 4.79 Å². The van der Waals surface area contributed by atoms with E-state index in [-0.39, 0.29) is 0 Å². The second-order valence-electron chi connectivity index (χ2n) is 1.52. The Balaban J connectivity index is 2.57. The van der Waals surface area contributed by atoms with Crippen molar-refractivity contribution in [1.29, 1.82) is 0 Å². The van der Waals surface area contributed by atoms with E-state index >= 15 is 0 Å². The fourth-order valence-electron chi connectivity index (χ4n) is 0.524. The van der Waals surface area contributed by atoms with Gasteiger partial charge in [-0.1, -0.05) is 0 Å². The first-order valence-electron chi connectivity index (χ1n) is 2.27. The maximum Gasteiger partial charge on any atom is 0.250 e. The molecule has 1 rings (SSSR count). The van der Waals surface area contributed by atoms with Crippen LogP contribution in [-0.2, 0) is 9.53 Å². The van der Waals surface area contributed by atoms with Gasteiger partial charge in [-0.3, -0.25) is 4.79 Å². The van der Waals surface area contributed by atoms with Gasteiger partial charge >= 0.3 is 0 Å². The summed E-state index contributed by atoms with van der Waals surface area (Å²) in [6, 6.07) is 0. The van der Waals surface area contributed by atoms with E-state index in [1.807, 2.05) is 0 Å². The van der Waals surface area contributed by atoms with Crippen molar-refractivity contribution < 1.29 is 9.53 Å². The number of halogens is 1. The third-order valence-electron chi connectivity index (χ3n) is 0.958. The number of carbonyl (C=O) groups is 1. The molecule has 0 saturated heterocycles. The van der Waals surface area contributed by atoms with Crippen LogP contribution < -0.4 is 0 Å². The summed E-state index contributed by atoms with van der Waals surface area (Å²) in [6.45, 7) is 0.899. The Bertz CT molecular complexity index is 139. The van der Waals surface area contributed by atoms with Crippen molar-refractivity contribution in [1.82, 2.24) is 0 Å². The van der Waals surface area contributed by atoms with Gasteiger partial charge in [0.2, 0.25) is 5.24 Å².